The summed E-state index contributed by atoms with van der Waals surface area (Å²) in [6.45, 7) is 2.22. The van der Waals surface area contributed by atoms with Gasteiger partial charge in [0.15, 0.2) is 5.13 Å². The Kier molecular flexibility index (Phi) is 4.26. The Morgan fingerprint density at radius 3 is 3.00 bits per heavy atom. The van der Waals surface area contributed by atoms with Gasteiger partial charge in [-0.25, -0.2) is 4.98 Å². The van der Waals surface area contributed by atoms with Gasteiger partial charge in [0.25, 0.3) is 17.5 Å². The lowest BCUT2D eigenvalue weighted by Gasteiger charge is -2.03. The maximum atomic E-state index is 12.3. The van der Waals surface area contributed by atoms with Crippen LogP contribution in [0.15, 0.2) is 18.2 Å². The minimum atomic E-state index is -0.526. The van der Waals surface area contributed by atoms with Crippen LogP contribution in [0.4, 0.5) is 10.8 Å². The van der Waals surface area contributed by atoms with Crippen LogP contribution < -0.4 is 10.6 Å². The molecule has 1 aromatic heterocycles. The second kappa shape index (κ2) is 6.36. The third kappa shape index (κ3) is 3.11. The van der Waals surface area contributed by atoms with Gasteiger partial charge in [0, 0.05) is 23.7 Å². The smallest absolute Gasteiger partial charge is 0.273 e. The summed E-state index contributed by atoms with van der Waals surface area (Å²) >= 11 is 1.10. The van der Waals surface area contributed by atoms with E-state index in [-0.39, 0.29) is 17.2 Å². The van der Waals surface area contributed by atoms with Crippen LogP contribution in [-0.2, 0) is 6.42 Å². The van der Waals surface area contributed by atoms with Crippen molar-refractivity contribution in [2.24, 2.45) is 0 Å². The van der Waals surface area contributed by atoms with Crippen molar-refractivity contribution in [3.05, 3.63) is 50.0 Å². The highest BCUT2D eigenvalue weighted by Gasteiger charge is 2.22. The molecule has 0 saturated carbocycles. The first kappa shape index (κ1) is 16.1. The highest BCUT2D eigenvalue weighted by molar-refractivity contribution is 7.17. The molecule has 2 amide bonds. The Labute approximate surface area is 141 Å². The highest BCUT2D eigenvalue weighted by atomic mass is 32.1. The fraction of sp³-hybridized carbons (Fsp3) is 0.267. The molecule has 0 bridgehead atoms. The van der Waals surface area contributed by atoms with Crippen LogP contribution >= 0.6 is 11.3 Å². The molecule has 1 aliphatic heterocycles. The number of carbonyl (C=O) groups excluding carboxylic acids is 2. The predicted molar refractivity (Wildman–Crippen MR) is 88.6 cm³/mol. The number of thiazole rings is 1. The van der Waals surface area contributed by atoms with E-state index in [4.69, 9.17) is 0 Å². The van der Waals surface area contributed by atoms with E-state index in [0.717, 1.165) is 17.8 Å². The van der Waals surface area contributed by atoms with Crippen molar-refractivity contribution in [3.8, 4) is 0 Å². The highest BCUT2D eigenvalue weighted by Crippen LogP contribution is 2.26. The molecule has 1 aromatic carbocycles. The standard InChI is InChI=1S/C15H14N4O4S/c1-8-4-5-9(7-11(8)19(22)23)13(20)18-15-17-10-3-2-6-16-14(21)12(10)24-15/h4-5,7H,2-3,6H2,1H3,(H,16,21)(H,17,18,20). The molecule has 0 radical (unpaired) electrons. The Morgan fingerprint density at radius 1 is 1.46 bits per heavy atom. The van der Waals surface area contributed by atoms with Crippen LogP contribution in [0.3, 0.4) is 0 Å². The number of hydrogen-bond acceptors (Lipinski definition) is 6. The van der Waals surface area contributed by atoms with Gasteiger partial charge in [-0.2, -0.15) is 0 Å². The third-order valence-corrected chi connectivity index (χ3v) is 4.68. The number of nitrogens with one attached hydrogen (secondary N) is 2. The predicted octanol–water partition coefficient (Wildman–Crippen LogP) is 2.29. The van der Waals surface area contributed by atoms with Crippen LogP contribution in [0.2, 0.25) is 0 Å². The van der Waals surface area contributed by atoms with Gasteiger partial charge < -0.3 is 5.32 Å². The van der Waals surface area contributed by atoms with Crippen LogP contribution in [-0.4, -0.2) is 28.3 Å². The van der Waals surface area contributed by atoms with E-state index >= 15 is 0 Å². The third-order valence-electron chi connectivity index (χ3n) is 3.67. The Hall–Kier alpha value is -2.81. The zero-order chi connectivity index (χ0) is 17.3. The molecule has 0 spiro atoms. The number of carbonyl (C=O) groups is 2. The van der Waals surface area contributed by atoms with Gasteiger partial charge in [-0.05, 0) is 25.8 Å². The summed E-state index contributed by atoms with van der Waals surface area (Å²) in [6, 6.07) is 4.27. The Bertz CT molecular complexity index is 846. The van der Waals surface area contributed by atoms with Crippen LogP contribution in [0, 0.1) is 17.0 Å². The van der Waals surface area contributed by atoms with Crippen molar-refractivity contribution in [1.82, 2.24) is 10.3 Å². The summed E-state index contributed by atoms with van der Waals surface area (Å²) in [4.78, 5) is 39.4. The van der Waals surface area contributed by atoms with Crippen molar-refractivity contribution < 1.29 is 14.5 Å². The van der Waals surface area contributed by atoms with Crippen molar-refractivity contribution >= 4 is 34.0 Å². The van der Waals surface area contributed by atoms with E-state index in [0.29, 0.717) is 34.2 Å². The first-order chi connectivity index (χ1) is 11.5. The maximum Gasteiger partial charge on any atom is 0.273 e. The SMILES string of the molecule is Cc1ccc(C(=O)Nc2nc3c(s2)C(=O)NCCC3)cc1[N+](=O)[O-]. The van der Waals surface area contributed by atoms with E-state index in [9.17, 15) is 19.7 Å². The largest absolute Gasteiger partial charge is 0.351 e. The van der Waals surface area contributed by atoms with E-state index in [1.54, 1.807) is 6.92 Å². The molecule has 2 aromatic rings. The average Bonchev–Trinajstić information content (AvgIpc) is 2.86. The first-order valence-electron chi connectivity index (χ1n) is 7.30. The summed E-state index contributed by atoms with van der Waals surface area (Å²) in [5, 5.41) is 16.7. The van der Waals surface area contributed by atoms with E-state index < -0.39 is 10.8 Å². The summed E-state index contributed by atoms with van der Waals surface area (Å²) in [6.07, 6.45) is 1.45. The summed E-state index contributed by atoms with van der Waals surface area (Å²) in [5.74, 6) is -0.686. The Balaban J connectivity index is 1.83. The van der Waals surface area contributed by atoms with E-state index in [2.05, 4.69) is 15.6 Å². The first-order valence-corrected chi connectivity index (χ1v) is 8.11. The van der Waals surface area contributed by atoms with Crippen molar-refractivity contribution in [3.63, 3.8) is 0 Å². The molecule has 124 valence electrons. The van der Waals surface area contributed by atoms with Crippen LogP contribution in [0.25, 0.3) is 0 Å². The van der Waals surface area contributed by atoms with Crippen molar-refractivity contribution in [2.75, 3.05) is 11.9 Å². The number of hydrogen-bond donors (Lipinski definition) is 2. The number of nitro benzene ring substituents is 1. The molecule has 0 saturated heterocycles. The normalized spacial score (nSPS) is 13.6. The number of anilines is 1. The zero-order valence-corrected chi connectivity index (χ0v) is 13.6. The summed E-state index contributed by atoms with van der Waals surface area (Å²) < 4.78 is 0. The molecule has 24 heavy (non-hydrogen) atoms. The number of benzene rings is 1. The molecule has 0 atom stereocenters. The second-order valence-electron chi connectivity index (χ2n) is 5.37. The molecule has 0 fully saturated rings. The second-order valence-corrected chi connectivity index (χ2v) is 6.37. The van der Waals surface area contributed by atoms with Gasteiger partial charge in [0.05, 0.1) is 10.6 Å². The molecule has 2 N–H and O–H groups in total. The van der Waals surface area contributed by atoms with Gasteiger partial charge >= 0.3 is 0 Å². The molecule has 1 aliphatic rings. The van der Waals surface area contributed by atoms with Gasteiger partial charge in [-0.15, -0.1) is 0 Å². The molecule has 0 aliphatic carbocycles. The van der Waals surface area contributed by atoms with Crippen molar-refractivity contribution in [1.29, 1.82) is 0 Å². The molecular weight excluding hydrogens is 332 g/mol. The van der Waals surface area contributed by atoms with Gasteiger partial charge in [0.1, 0.15) is 4.88 Å². The molecule has 8 nitrogen and oxygen atoms in total. The monoisotopic (exact) mass is 346 g/mol. The summed E-state index contributed by atoms with van der Waals surface area (Å²) in [5.41, 5.74) is 1.20. The molecular formula is C15H14N4O4S. The lowest BCUT2D eigenvalue weighted by Crippen LogP contribution is -2.21. The van der Waals surface area contributed by atoms with Crippen LogP contribution in [0.1, 0.15) is 37.7 Å². The van der Waals surface area contributed by atoms with Gasteiger partial charge in [-0.3, -0.25) is 25.0 Å². The van der Waals surface area contributed by atoms with Gasteiger partial charge in [0.2, 0.25) is 0 Å². The van der Waals surface area contributed by atoms with E-state index in [1.807, 2.05) is 0 Å². The number of rotatable bonds is 3. The number of aryl methyl sites for hydroxylation is 2. The molecule has 2 heterocycles. The van der Waals surface area contributed by atoms with Crippen LogP contribution in [0.5, 0.6) is 0 Å². The average molecular weight is 346 g/mol. The molecule has 9 heteroatoms. The maximum absolute atomic E-state index is 12.3. The number of nitro groups is 1. The minimum absolute atomic E-state index is 0.114. The molecule has 3 rings (SSSR count). The lowest BCUT2D eigenvalue weighted by atomic mass is 10.1. The summed E-state index contributed by atoms with van der Waals surface area (Å²) in [7, 11) is 0. The number of aromatic nitrogens is 1. The zero-order valence-electron chi connectivity index (χ0n) is 12.8. The quantitative estimate of drug-likeness (QED) is 0.654. The molecule has 0 unspecified atom stereocenters. The lowest BCUT2D eigenvalue weighted by molar-refractivity contribution is -0.385. The Morgan fingerprint density at radius 2 is 2.25 bits per heavy atom. The number of amides is 2. The topological polar surface area (TPSA) is 114 Å². The van der Waals surface area contributed by atoms with E-state index in [1.165, 1.54) is 18.2 Å². The number of fused-ring (bicyclic) bond motifs is 1. The fourth-order valence-electron chi connectivity index (χ4n) is 2.41. The van der Waals surface area contributed by atoms with Gasteiger partial charge in [-0.1, -0.05) is 17.4 Å². The van der Waals surface area contributed by atoms with Crippen molar-refractivity contribution in [2.45, 2.75) is 19.8 Å². The minimum Gasteiger partial charge on any atom is -0.351 e. The number of nitrogens with zero attached hydrogens (tertiary/aromatic N) is 2. The fourth-order valence-corrected chi connectivity index (χ4v) is 3.33.